The molecule has 2 aliphatic rings. The van der Waals surface area contributed by atoms with Gasteiger partial charge in [-0.05, 0) is 43.9 Å². The molecule has 0 amide bonds. The van der Waals surface area contributed by atoms with E-state index in [1.54, 1.807) is 0 Å². The van der Waals surface area contributed by atoms with Crippen LogP contribution in [-0.4, -0.2) is 23.9 Å². The third kappa shape index (κ3) is 2.33. The molecular weight excluding hydrogens is 250 g/mol. The molecule has 3 rings (SSSR count). The molecule has 0 bridgehead atoms. The Hall–Kier alpha value is -1.06. The second-order valence-electron chi connectivity index (χ2n) is 6.18. The van der Waals surface area contributed by atoms with Gasteiger partial charge in [0.2, 0.25) is 0 Å². The lowest BCUT2D eigenvalue weighted by Crippen LogP contribution is -2.60. The third-order valence-corrected chi connectivity index (χ3v) is 5.14. The lowest BCUT2D eigenvalue weighted by atomic mass is 9.60. The Morgan fingerprint density at radius 2 is 2.15 bits per heavy atom. The SMILES string of the molecule is CCOC1CC(Nc2cccc(CO)c2)C12CCCC2. The van der Waals surface area contributed by atoms with Gasteiger partial charge in [0.15, 0.2) is 0 Å². The van der Waals surface area contributed by atoms with Gasteiger partial charge in [0.05, 0.1) is 12.7 Å². The van der Waals surface area contributed by atoms with Crippen LogP contribution in [0.25, 0.3) is 0 Å². The summed E-state index contributed by atoms with van der Waals surface area (Å²) in [7, 11) is 0. The summed E-state index contributed by atoms with van der Waals surface area (Å²) in [5, 5.41) is 12.9. The predicted octanol–water partition coefficient (Wildman–Crippen LogP) is 3.33. The smallest absolute Gasteiger partial charge is 0.0682 e. The zero-order valence-electron chi connectivity index (χ0n) is 12.3. The van der Waals surface area contributed by atoms with Crippen LogP contribution in [0.4, 0.5) is 5.69 Å². The Labute approximate surface area is 121 Å². The van der Waals surface area contributed by atoms with Crippen LogP contribution in [0.3, 0.4) is 0 Å². The monoisotopic (exact) mass is 275 g/mol. The van der Waals surface area contributed by atoms with Crippen molar-refractivity contribution in [2.45, 2.75) is 57.8 Å². The fraction of sp³-hybridized carbons (Fsp3) is 0.647. The van der Waals surface area contributed by atoms with Crippen molar-refractivity contribution >= 4 is 5.69 Å². The lowest BCUT2D eigenvalue weighted by Gasteiger charge is -2.54. The number of aliphatic hydroxyl groups is 1. The van der Waals surface area contributed by atoms with Gasteiger partial charge in [-0.25, -0.2) is 0 Å². The van der Waals surface area contributed by atoms with Gasteiger partial charge in [-0.3, -0.25) is 0 Å². The molecule has 3 heteroatoms. The van der Waals surface area contributed by atoms with E-state index >= 15 is 0 Å². The molecule has 0 aliphatic heterocycles. The number of anilines is 1. The molecule has 110 valence electrons. The van der Waals surface area contributed by atoms with Crippen LogP contribution in [0, 0.1) is 5.41 Å². The van der Waals surface area contributed by atoms with Crippen molar-refractivity contribution in [3.8, 4) is 0 Å². The van der Waals surface area contributed by atoms with Crippen LogP contribution >= 0.6 is 0 Å². The minimum atomic E-state index is 0.104. The average molecular weight is 275 g/mol. The Kier molecular flexibility index (Phi) is 3.99. The van der Waals surface area contributed by atoms with E-state index in [-0.39, 0.29) is 6.61 Å². The topological polar surface area (TPSA) is 41.5 Å². The van der Waals surface area contributed by atoms with Gasteiger partial charge in [0.1, 0.15) is 0 Å². The molecule has 0 radical (unpaired) electrons. The summed E-state index contributed by atoms with van der Waals surface area (Å²) in [5.74, 6) is 0. The van der Waals surface area contributed by atoms with Crippen molar-refractivity contribution in [1.29, 1.82) is 0 Å². The molecule has 0 heterocycles. The Morgan fingerprint density at radius 3 is 2.85 bits per heavy atom. The van der Waals surface area contributed by atoms with E-state index in [0.29, 0.717) is 17.6 Å². The van der Waals surface area contributed by atoms with Gasteiger partial charge in [-0.1, -0.05) is 25.0 Å². The van der Waals surface area contributed by atoms with Crippen LogP contribution in [0.1, 0.15) is 44.6 Å². The average Bonchev–Trinajstić information content (AvgIpc) is 2.99. The summed E-state index contributed by atoms with van der Waals surface area (Å²) < 4.78 is 5.95. The number of nitrogens with one attached hydrogen (secondary N) is 1. The summed E-state index contributed by atoms with van der Waals surface area (Å²) in [6.45, 7) is 3.01. The highest BCUT2D eigenvalue weighted by Gasteiger charge is 2.56. The second-order valence-corrected chi connectivity index (χ2v) is 6.18. The highest BCUT2D eigenvalue weighted by molar-refractivity contribution is 5.48. The van der Waals surface area contributed by atoms with Gasteiger partial charge < -0.3 is 15.2 Å². The normalized spacial score (nSPS) is 27.5. The highest BCUT2D eigenvalue weighted by Crippen LogP contribution is 2.55. The number of ether oxygens (including phenoxy) is 1. The fourth-order valence-corrected chi connectivity index (χ4v) is 4.05. The van der Waals surface area contributed by atoms with E-state index in [0.717, 1.165) is 24.3 Å². The van der Waals surface area contributed by atoms with Crippen LogP contribution in [0.5, 0.6) is 0 Å². The molecule has 20 heavy (non-hydrogen) atoms. The summed E-state index contributed by atoms with van der Waals surface area (Å²) in [6.07, 6.45) is 6.78. The molecule has 1 spiro atoms. The van der Waals surface area contributed by atoms with E-state index in [2.05, 4.69) is 24.4 Å². The van der Waals surface area contributed by atoms with Crippen molar-refractivity contribution in [3.05, 3.63) is 29.8 Å². The lowest BCUT2D eigenvalue weighted by molar-refractivity contribution is -0.114. The molecule has 2 atom stereocenters. The third-order valence-electron chi connectivity index (χ3n) is 5.14. The number of hydrogen-bond acceptors (Lipinski definition) is 3. The quantitative estimate of drug-likeness (QED) is 0.866. The van der Waals surface area contributed by atoms with E-state index in [1.165, 1.54) is 25.7 Å². The zero-order valence-corrected chi connectivity index (χ0v) is 12.3. The van der Waals surface area contributed by atoms with Gasteiger partial charge in [-0.2, -0.15) is 0 Å². The molecule has 2 fully saturated rings. The minimum Gasteiger partial charge on any atom is -0.392 e. The Balaban J connectivity index is 1.71. The van der Waals surface area contributed by atoms with Crippen molar-refractivity contribution in [1.82, 2.24) is 0 Å². The molecule has 3 nitrogen and oxygen atoms in total. The van der Waals surface area contributed by atoms with Crippen LogP contribution in [0.15, 0.2) is 24.3 Å². The van der Waals surface area contributed by atoms with E-state index < -0.39 is 0 Å². The molecule has 0 saturated heterocycles. The molecule has 2 aliphatic carbocycles. The first-order chi connectivity index (χ1) is 9.78. The Morgan fingerprint density at radius 1 is 1.35 bits per heavy atom. The van der Waals surface area contributed by atoms with Gasteiger partial charge >= 0.3 is 0 Å². The largest absolute Gasteiger partial charge is 0.392 e. The number of hydrogen-bond donors (Lipinski definition) is 2. The molecule has 2 saturated carbocycles. The molecule has 0 aromatic heterocycles. The van der Waals surface area contributed by atoms with Crippen molar-refractivity contribution in [2.75, 3.05) is 11.9 Å². The molecular formula is C17H25NO2. The maximum absolute atomic E-state index is 9.24. The van der Waals surface area contributed by atoms with E-state index in [4.69, 9.17) is 4.74 Å². The van der Waals surface area contributed by atoms with Gasteiger partial charge in [0.25, 0.3) is 0 Å². The first-order valence-corrected chi connectivity index (χ1v) is 7.86. The molecule has 1 aromatic rings. The van der Waals surface area contributed by atoms with E-state index in [9.17, 15) is 5.11 Å². The summed E-state index contributed by atoms with van der Waals surface area (Å²) >= 11 is 0. The first-order valence-electron chi connectivity index (χ1n) is 7.86. The summed E-state index contributed by atoms with van der Waals surface area (Å²) in [6, 6.07) is 8.64. The molecule has 2 unspecified atom stereocenters. The van der Waals surface area contributed by atoms with Crippen LogP contribution in [0.2, 0.25) is 0 Å². The standard InChI is InChI=1S/C17H25NO2/c1-2-20-16-11-15(17(16)8-3-4-9-17)18-14-7-5-6-13(10-14)12-19/h5-7,10,15-16,18-19H,2-4,8-9,11-12H2,1H3. The summed E-state index contributed by atoms with van der Waals surface area (Å²) in [5.41, 5.74) is 2.45. The maximum atomic E-state index is 9.24. The van der Waals surface area contributed by atoms with Crippen molar-refractivity contribution < 1.29 is 9.84 Å². The molecule has 1 aromatic carbocycles. The number of benzene rings is 1. The van der Waals surface area contributed by atoms with Crippen molar-refractivity contribution in [3.63, 3.8) is 0 Å². The van der Waals surface area contributed by atoms with Crippen molar-refractivity contribution in [2.24, 2.45) is 5.41 Å². The first kappa shape index (κ1) is 13.9. The zero-order chi connectivity index (χ0) is 14.0. The van der Waals surface area contributed by atoms with Crippen LogP contribution < -0.4 is 5.32 Å². The molecule has 2 N–H and O–H groups in total. The van der Waals surface area contributed by atoms with Crippen LogP contribution in [-0.2, 0) is 11.3 Å². The van der Waals surface area contributed by atoms with Gasteiger partial charge in [-0.15, -0.1) is 0 Å². The number of rotatable bonds is 5. The van der Waals surface area contributed by atoms with Gasteiger partial charge in [0, 0.05) is 23.8 Å². The summed E-state index contributed by atoms with van der Waals surface area (Å²) in [4.78, 5) is 0. The highest BCUT2D eigenvalue weighted by atomic mass is 16.5. The number of aliphatic hydroxyl groups excluding tert-OH is 1. The fourth-order valence-electron chi connectivity index (χ4n) is 4.05. The minimum absolute atomic E-state index is 0.104. The second kappa shape index (κ2) is 5.74. The van der Waals surface area contributed by atoms with E-state index in [1.807, 2.05) is 12.1 Å². The Bertz CT molecular complexity index is 454. The maximum Gasteiger partial charge on any atom is 0.0682 e. The predicted molar refractivity (Wildman–Crippen MR) is 80.7 cm³/mol.